The van der Waals surface area contributed by atoms with Crippen LogP contribution in [0.5, 0.6) is 5.75 Å². The van der Waals surface area contributed by atoms with E-state index < -0.39 is 5.82 Å². The molecule has 102 valence electrons. The van der Waals surface area contributed by atoms with Gasteiger partial charge in [-0.3, -0.25) is 0 Å². The Morgan fingerprint density at radius 3 is 2.60 bits per heavy atom. The van der Waals surface area contributed by atoms with E-state index in [-0.39, 0.29) is 13.2 Å². The first-order valence-electron chi connectivity index (χ1n) is 5.95. The summed E-state index contributed by atoms with van der Waals surface area (Å²) < 4.78 is 18.8. The first-order chi connectivity index (χ1) is 9.69. The molecule has 0 aliphatic heterocycles. The molecule has 0 saturated heterocycles. The minimum atomic E-state index is -0.398. The summed E-state index contributed by atoms with van der Waals surface area (Å²) in [5.74, 6) is 5.19. The van der Waals surface area contributed by atoms with Gasteiger partial charge in [0.15, 0.2) is 0 Å². The second kappa shape index (κ2) is 6.95. The van der Waals surface area contributed by atoms with Gasteiger partial charge in [0.1, 0.15) is 24.8 Å². The summed E-state index contributed by atoms with van der Waals surface area (Å²) in [7, 11) is 0. The number of aliphatic hydroxyl groups is 1. The third-order valence-electron chi connectivity index (χ3n) is 2.55. The molecule has 0 saturated carbocycles. The van der Waals surface area contributed by atoms with Crippen LogP contribution < -0.4 is 4.74 Å². The Bertz CT molecular complexity index is 642. The van der Waals surface area contributed by atoms with Crippen molar-refractivity contribution in [3.8, 4) is 17.6 Å². The highest BCUT2D eigenvalue weighted by atomic mass is 35.5. The van der Waals surface area contributed by atoms with Gasteiger partial charge in [0, 0.05) is 11.1 Å². The van der Waals surface area contributed by atoms with Gasteiger partial charge in [0.2, 0.25) is 0 Å². The predicted octanol–water partition coefficient (Wildman–Crippen LogP) is 3.40. The topological polar surface area (TPSA) is 29.5 Å². The van der Waals surface area contributed by atoms with E-state index in [0.717, 1.165) is 5.56 Å². The third-order valence-corrected chi connectivity index (χ3v) is 2.81. The molecular formula is C16H12ClFO2. The quantitative estimate of drug-likeness (QED) is 0.878. The molecule has 0 atom stereocenters. The Morgan fingerprint density at radius 1 is 1.15 bits per heavy atom. The third kappa shape index (κ3) is 3.99. The minimum absolute atomic E-state index is 0.256. The molecule has 0 unspecified atom stereocenters. The van der Waals surface area contributed by atoms with E-state index in [9.17, 15) is 4.39 Å². The summed E-state index contributed by atoms with van der Waals surface area (Å²) in [6, 6.07) is 11.3. The van der Waals surface area contributed by atoms with Crippen LogP contribution >= 0.6 is 11.6 Å². The summed E-state index contributed by atoms with van der Waals surface area (Å²) in [5.41, 5.74) is 1.45. The van der Waals surface area contributed by atoms with Crippen LogP contribution in [0, 0.1) is 17.7 Å². The van der Waals surface area contributed by atoms with Crippen LogP contribution in [0.1, 0.15) is 11.1 Å². The zero-order valence-corrected chi connectivity index (χ0v) is 11.3. The van der Waals surface area contributed by atoms with E-state index >= 15 is 0 Å². The normalized spacial score (nSPS) is 9.75. The van der Waals surface area contributed by atoms with Gasteiger partial charge < -0.3 is 9.84 Å². The lowest BCUT2D eigenvalue weighted by Crippen LogP contribution is -1.98. The van der Waals surface area contributed by atoms with Crippen LogP contribution in [0.25, 0.3) is 0 Å². The van der Waals surface area contributed by atoms with Gasteiger partial charge in [0.05, 0.1) is 5.56 Å². The number of hydrogen-bond donors (Lipinski definition) is 1. The van der Waals surface area contributed by atoms with Gasteiger partial charge in [-0.2, -0.15) is 0 Å². The largest absolute Gasteiger partial charge is 0.487 e. The van der Waals surface area contributed by atoms with Crippen LogP contribution in [0.15, 0.2) is 42.5 Å². The van der Waals surface area contributed by atoms with Crippen molar-refractivity contribution in [2.75, 3.05) is 6.61 Å². The van der Waals surface area contributed by atoms with Gasteiger partial charge in [-0.1, -0.05) is 35.6 Å². The Hall–Kier alpha value is -2.02. The van der Waals surface area contributed by atoms with Crippen LogP contribution in [-0.4, -0.2) is 11.7 Å². The first-order valence-corrected chi connectivity index (χ1v) is 6.33. The van der Waals surface area contributed by atoms with Crippen LogP contribution in [0.2, 0.25) is 5.02 Å². The molecule has 0 fully saturated rings. The summed E-state index contributed by atoms with van der Waals surface area (Å²) in [6.07, 6.45) is 0. The van der Waals surface area contributed by atoms with Crippen LogP contribution in [-0.2, 0) is 6.61 Å². The standard InChI is InChI=1S/C16H12ClFO2/c17-14-6-3-12(4-7-14)11-20-16-10-15(18)8-5-13(16)2-1-9-19/h3-8,10,19H,9,11H2. The second-order valence-corrected chi connectivity index (χ2v) is 4.45. The lowest BCUT2D eigenvalue weighted by atomic mass is 10.2. The second-order valence-electron chi connectivity index (χ2n) is 4.02. The van der Waals surface area contributed by atoms with Crippen molar-refractivity contribution in [3.63, 3.8) is 0 Å². The Labute approximate surface area is 121 Å². The summed E-state index contributed by atoms with van der Waals surface area (Å²) in [4.78, 5) is 0. The number of ether oxygens (including phenoxy) is 1. The number of benzene rings is 2. The van der Waals surface area contributed by atoms with Gasteiger partial charge in [0.25, 0.3) is 0 Å². The van der Waals surface area contributed by atoms with Gasteiger partial charge in [-0.25, -0.2) is 4.39 Å². The fourth-order valence-corrected chi connectivity index (χ4v) is 1.72. The van der Waals surface area contributed by atoms with Crippen molar-refractivity contribution in [3.05, 3.63) is 64.4 Å². The van der Waals surface area contributed by atoms with Crippen LogP contribution in [0.3, 0.4) is 0 Å². The molecule has 4 heteroatoms. The smallest absolute Gasteiger partial charge is 0.138 e. The van der Waals surface area contributed by atoms with Crippen molar-refractivity contribution in [1.82, 2.24) is 0 Å². The molecule has 0 heterocycles. The fraction of sp³-hybridized carbons (Fsp3) is 0.125. The van der Waals surface area contributed by atoms with Gasteiger partial charge >= 0.3 is 0 Å². The van der Waals surface area contributed by atoms with Crippen molar-refractivity contribution in [1.29, 1.82) is 0 Å². The zero-order chi connectivity index (χ0) is 14.4. The van der Waals surface area contributed by atoms with Crippen molar-refractivity contribution in [2.24, 2.45) is 0 Å². The zero-order valence-electron chi connectivity index (χ0n) is 10.6. The predicted molar refractivity (Wildman–Crippen MR) is 76.1 cm³/mol. The summed E-state index contributed by atoms with van der Waals surface area (Å²) >= 11 is 5.80. The van der Waals surface area contributed by atoms with Crippen molar-refractivity contribution in [2.45, 2.75) is 6.61 Å². The van der Waals surface area contributed by atoms with Gasteiger partial charge in [-0.05, 0) is 29.8 Å². The van der Waals surface area contributed by atoms with E-state index in [1.807, 2.05) is 12.1 Å². The number of aliphatic hydroxyl groups excluding tert-OH is 1. The molecular weight excluding hydrogens is 279 g/mol. The molecule has 2 aromatic carbocycles. The SMILES string of the molecule is OCC#Cc1ccc(F)cc1OCc1ccc(Cl)cc1. The molecule has 0 aliphatic rings. The summed E-state index contributed by atoms with van der Waals surface area (Å²) in [6.45, 7) is 0.0302. The highest BCUT2D eigenvalue weighted by Gasteiger charge is 2.04. The first kappa shape index (κ1) is 14.4. The molecule has 0 aromatic heterocycles. The summed E-state index contributed by atoms with van der Waals surface area (Å²) in [5, 5.41) is 9.35. The van der Waals surface area contributed by atoms with Crippen LogP contribution in [0.4, 0.5) is 4.39 Å². The highest BCUT2D eigenvalue weighted by molar-refractivity contribution is 6.30. The average molecular weight is 291 g/mol. The number of rotatable bonds is 3. The van der Waals surface area contributed by atoms with Crippen molar-refractivity contribution >= 4 is 11.6 Å². The maximum absolute atomic E-state index is 13.3. The van der Waals surface area contributed by atoms with Gasteiger partial charge in [-0.15, -0.1) is 0 Å². The maximum atomic E-state index is 13.3. The van der Waals surface area contributed by atoms with E-state index in [0.29, 0.717) is 16.3 Å². The fourth-order valence-electron chi connectivity index (χ4n) is 1.60. The molecule has 0 amide bonds. The molecule has 2 rings (SSSR count). The molecule has 0 spiro atoms. The lowest BCUT2D eigenvalue weighted by Gasteiger charge is -2.08. The molecule has 1 N–H and O–H groups in total. The molecule has 2 nitrogen and oxygen atoms in total. The minimum Gasteiger partial charge on any atom is -0.487 e. The molecule has 0 radical (unpaired) electrons. The molecule has 20 heavy (non-hydrogen) atoms. The van der Waals surface area contributed by atoms with E-state index in [1.165, 1.54) is 18.2 Å². The Kier molecular flexibility index (Phi) is 5.00. The number of halogens is 2. The van der Waals surface area contributed by atoms with Crippen molar-refractivity contribution < 1.29 is 14.2 Å². The molecule has 2 aromatic rings. The van der Waals surface area contributed by atoms with E-state index in [4.69, 9.17) is 21.4 Å². The molecule has 0 bridgehead atoms. The van der Waals surface area contributed by atoms with E-state index in [2.05, 4.69) is 11.8 Å². The average Bonchev–Trinajstić information content (AvgIpc) is 2.46. The molecule has 0 aliphatic carbocycles. The Morgan fingerprint density at radius 2 is 1.90 bits per heavy atom. The maximum Gasteiger partial charge on any atom is 0.138 e. The number of hydrogen-bond acceptors (Lipinski definition) is 2. The Balaban J connectivity index is 2.15. The highest BCUT2D eigenvalue weighted by Crippen LogP contribution is 2.21. The monoisotopic (exact) mass is 290 g/mol. The van der Waals surface area contributed by atoms with E-state index in [1.54, 1.807) is 12.1 Å². The lowest BCUT2D eigenvalue weighted by molar-refractivity contribution is 0.303.